The second kappa shape index (κ2) is 3.81. The van der Waals surface area contributed by atoms with E-state index in [4.69, 9.17) is 5.11 Å². The first-order valence-corrected chi connectivity index (χ1v) is 4.94. The number of rotatable bonds is 2. The highest BCUT2D eigenvalue weighted by Crippen LogP contribution is 2.15. The van der Waals surface area contributed by atoms with E-state index in [0.29, 0.717) is 5.69 Å². The number of benzene rings is 1. The number of carbonyl (C=O) groups is 1. The number of imidazole rings is 1. The van der Waals surface area contributed by atoms with Crippen molar-refractivity contribution >= 4 is 5.97 Å². The smallest absolute Gasteiger partial charge is 0.354 e. The van der Waals surface area contributed by atoms with Gasteiger partial charge in [0.05, 0.1) is 5.69 Å². The van der Waals surface area contributed by atoms with Crippen molar-refractivity contribution in [2.45, 2.75) is 13.8 Å². The molecule has 0 bridgehead atoms. The Morgan fingerprint density at radius 2 is 2.12 bits per heavy atom. The monoisotopic (exact) mass is 216 g/mol. The molecule has 0 amide bonds. The minimum atomic E-state index is -0.962. The van der Waals surface area contributed by atoms with E-state index < -0.39 is 5.97 Å². The Morgan fingerprint density at radius 3 is 2.75 bits per heavy atom. The number of aryl methyl sites for hydroxylation is 2. The number of carboxylic acid groups (broad SMARTS) is 1. The maximum absolute atomic E-state index is 11.1. The molecule has 4 heteroatoms. The highest BCUT2D eigenvalue weighted by molar-refractivity contribution is 5.87. The molecule has 0 aliphatic carbocycles. The quantitative estimate of drug-likeness (QED) is 0.837. The normalized spacial score (nSPS) is 10.4. The Balaban J connectivity index is 2.60. The second-order valence-electron chi connectivity index (χ2n) is 3.69. The van der Waals surface area contributed by atoms with Crippen molar-refractivity contribution in [2.24, 2.45) is 0 Å². The van der Waals surface area contributed by atoms with Gasteiger partial charge in [-0.05, 0) is 31.5 Å². The van der Waals surface area contributed by atoms with Crippen LogP contribution in [0.15, 0.2) is 30.6 Å². The van der Waals surface area contributed by atoms with Gasteiger partial charge in [0.25, 0.3) is 0 Å². The summed E-state index contributed by atoms with van der Waals surface area (Å²) < 4.78 is 1.59. The number of hydrogen-bond acceptors (Lipinski definition) is 2. The van der Waals surface area contributed by atoms with Gasteiger partial charge in [0.2, 0.25) is 0 Å². The lowest BCUT2D eigenvalue weighted by Crippen LogP contribution is -2.07. The van der Waals surface area contributed by atoms with Gasteiger partial charge in [-0.25, -0.2) is 9.78 Å². The predicted molar refractivity (Wildman–Crippen MR) is 60.0 cm³/mol. The van der Waals surface area contributed by atoms with Crippen LogP contribution in [0, 0.1) is 13.8 Å². The van der Waals surface area contributed by atoms with Crippen LogP contribution in [0.25, 0.3) is 5.69 Å². The minimum absolute atomic E-state index is 0.214. The molecule has 1 N–H and O–H groups in total. The van der Waals surface area contributed by atoms with E-state index in [0.717, 1.165) is 11.3 Å². The molecule has 0 saturated carbocycles. The molecule has 82 valence electrons. The van der Waals surface area contributed by atoms with Crippen molar-refractivity contribution in [2.75, 3.05) is 0 Å². The van der Waals surface area contributed by atoms with Crippen molar-refractivity contribution < 1.29 is 9.90 Å². The topological polar surface area (TPSA) is 55.1 Å². The fourth-order valence-corrected chi connectivity index (χ4v) is 1.67. The fraction of sp³-hybridized carbons (Fsp3) is 0.167. The fourth-order valence-electron chi connectivity index (χ4n) is 1.67. The van der Waals surface area contributed by atoms with E-state index in [1.54, 1.807) is 11.5 Å². The number of carboxylic acids is 1. The van der Waals surface area contributed by atoms with E-state index in [-0.39, 0.29) is 5.69 Å². The molecule has 0 atom stereocenters. The molecule has 1 heterocycles. The minimum Gasteiger partial charge on any atom is -0.477 e. The zero-order chi connectivity index (χ0) is 11.7. The molecule has 0 spiro atoms. The van der Waals surface area contributed by atoms with Crippen LogP contribution in [0.4, 0.5) is 0 Å². The molecule has 0 aliphatic heterocycles. The van der Waals surface area contributed by atoms with Gasteiger partial charge in [0.15, 0.2) is 5.69 Å². The summed E-state index contributed by atoms with van der Waals surface area (Å²) in [5.74, 6) is -0.962. The van der Waals surface area contributed by atoms with E-state index in [2.05, 4.69) is 4.98 Å². The maximum atomic E-state index is 11.1. The molecule has 0 radical (unpaired) electrons. The lowest BCUT2D eigenvalue weighted by molar-refractivity contribution is 0.0687. The summed E-state index contributed by atoms with van der Waals surface area (Å²) in [6, 6.07) is 7.65. The van der Waals surface area contributed by atoms with Crippen molar-refractivity contribution in [3.63, 3.8) is 0 Å². The van der Waals surface area contributed by atoms with Crippen LogP contribution in [-0.2, 0) is 0 Å². The summed E-state index contributed by atoms with van der Waals surface area (Å²) in [5, 5.41) is 9.11. The lowest BCUT2D eigenvalue weighted by atomic mass is 10.2. The summed E-state index contributed by atoms with van der Waals surface area (Å²) in [5.41, 5.74) is 2.64. The van der Waals surface area contributed by atoms with Gasteiger partial charge in [-0.2, -0.15) is 0 Å². The molecular weight excluding hydrogens is 204 g/mol. The molecule has 1 aromatic carbocycles. The molecule has 0 unspecified atom stereocenters. The number of nitrogens with zero attached hydrogens (tertiary/aromatic N) is 2. The van der Waals surface area contributed by atoms with Crippen molar-refractivity contribution in [1.82, 2.24) is 9.55 Å². The van der Waals surface area contributed by atoms with E-state index in [1.807, 2.05) is 31.2 Å². The van der Waals surface area contributed by atoms with E-state index in [9.17, 15) is 4.79 Å². The standard InChI is InChI=1S/C12H12N2O2/c1-8-4-3-5-10(6-8)14-7-13-9(2)11(14)12(15)16/h3-7H,1-2H3,(H,15,16). The molecule has 2 rings (SSSR count). The molecule has 4 nitrogen and oxygen atoms in total. The Kier molecular flexibility index (Phi) is 2.48. The Labute approximate surface area is 93.2 Å². The summed E-state index contributed by atoms with van der Waals surface area (Å²) >= 11 is 0. The third-order valence-corrected chi connectivity index (χ3v) is 2.43. The molecular formula is C12H12N2O2. The molecule has 0 fully saturated rings. The van der Waals surface area contributed by atoms with E-state index >= 15 is 0 Å². The number of hydrogen-bond donors (Lipinski definition) is 1. The largest absolute Gasteiger partial charge is 0.477 e. The van der Waals surface area contributed by atoms with Gasteiger partial charge in [-0.1, -0.05) is 12.1 Å². The number of aromatic carboxylic acids is 1. The summed E-state index contributed by atoms with van der Waals surface area (Å²) in [6.45, 7) is 3.66. The molecule has 16 heavy (non-hydrogen) atoms. The van der Waals surface area contributed by atoms with Crippen LogP contribution >= 0.6 is 0 Å². The van der Waals surface area contributed by atoms with Crippen LogP contribution in [-0.4, -0.2) is 20.6 Å². The van der Waals surface area contributed by atoms with Crippen LogP contribution in [0.1, 0.15) is 21.7 Å². The third kappa shape index (κ3) is 1.69. The molecule has 0 aliphatic rings. The van der Waals surface area contributed by atoms with Crippen molar-refractivity contribution in [3.8, 4) is 5.69 Å². The summed E-state index contributed by atoms with van der Waals surface area (Å²) in [6.07, 6.45) is 1.54. The zero-order valence-corrected chi connectivity index (χ0v) is 9.14. The Bertz CT molecular complexity index is 544. The third-order valence-electron chi connectivity index (χ3n) is 2.43. The first-order chi connectivity index (χ1) is 7.59. The van der Waals surface area contributed by atoms with Gasteiger partial charge >= 0.3 is 5.97 Å². The molecule has 0 saturated heterocycles. The van der Waals surface area contributed by atoms with Gasteiger partial charge < -0.3 is 5.11 Å². The SMILES string of the molecule is Cc1cccc(-n2cnc(C)c2C(=O)O)c1. The lowest BCUT2D eigenvalue weighted by Gasteiger charge is -2.06. The van der Waals surface area contributed by atoms with Crippen LogP contribution in [0.5, 0.6) is 0 Å². The average Bonchev–Trinajstić information content (AvgIpc) is 2.60. The molecule has 2 aromatic rings. The van der Waals surface area contributed by atoms with Crippen molar-refractivity contribution in [1.29, 1.82) is 0 Å². The Hall–Kier alpha value is -2.10. The second-order valence-corrected chi connectivity index (χ2v) is 3.69. The number of aromatic nitrogens is 2. The summed E-state index contributed by atoms with van der Waals surface area (Å²) in [4.78, 5) is 15.1. The van der Waals surface area contributed by atoms with Gasteiger partial charge in [0, 0.05) is 5.69 Å². The van der Waals surface area contributed by atoms with Crippen LogP contribution < -0.4 is 0 Å². The van der Waals surface area contributed by atoms with Gasteiger partial charge in [0.1, 0.15) is 6.33 Å². The van der Waals surface area contributed by atoms with Crippen molar-refractivity contribution in [3.05, 3.63) is 47.5 Å². The first-order valence-electron chi connectivity index (χ1n) is 4.94. The van der Waals surface area contributed by atoms with Crippen LogP contribution in [0.2, 0.25) is 0 Å². The summed E-state index contributed by atoms with van der Waals surface area (Å²) in [7, 11) is 0. The zero-order valence-electron chi connectivity index (χ0n) is 9.14. The Morgan fingerprint density at radius 1 is 1.38 bits per heavy atom. The average molecular weight is 216 g/mol. The maximum Gasteiger partial charge on any atom is 0.354 e. The highest BCUT2D eigenvalue weighted by atomic mass is 16.4. The highest BCUT2D eigenvalue weighted by Gasteiger charge is 2.15. The van der Waals surface area contributed by atoms with Gasteiger partial charge in [-0.3, -0.25) is 4.57 Å². The predicted octanol–water partition coefficient (Wildman–Crippen LogP) is 2.19. The first kappa shape index (κ1) is 10.4. The van der Waals surface area contributed by atoms with Gasteiger partial charge in [-0.15, -0.1) is 0 Å². The van der Waals surface area contributed by atoms with Crippen LogP contribution in [0.3, 0.4) is 0 Å². The molecule has 1 aromatic heterocycles. The van der Waals surface area contributed by atoms with E-state index in [1.165, 1.54) is 6.33 Å².